The van der Waals surface area contributed by atoms with E-state index in [0.717, 1.165) is 0 Å². The summed E-state index contributed by atoms with van der Waals surface area (Å²) in [7, 11) is 1.73. The molecule has 0 spiro atoms. The van der Waals surface area contributed by atoms with Gasteiger partial charge in [-0.3, -0.25) is 25.0 Å². The highest BCUT2D eigenvalue weighted by atomic mass is 16.6. The molecule has 0 bridgehead atoms. The Morgan fingerprint density at radius 1 is 1.30 bits per heavy atom. The summed E-state index contributed by atoms with van der Waals surface area (Å²) in [5.41, 5.74) is 1.46. The summed E-state index contributed by atoms with van der Waals surface area (Å²) >= 11 is 0. The molecule has 1 aromatic carbocycles. The zero-order valence-corrected chi connectivity index (χ0v) is 10.4. The van der Waals surface area contributed by atoms with Crippen molar-refractivity contribution in [1.82, 2.24) is 9.88 Å². The van der Waals surface area contributed by atoms with Crippen molar-refractivity contribution in [3.05, 3.63) is 46.1 Å². The number of aryl methyl sites for hydroxylation is 1. The van der Waals surface area contributed by atoms with Crippen LogP contribution in [0.25, 0.3) is 16.5 Å². The number of nitro benzene ring substituents is 1. The van der Waals surface area contributed by atoms with Gasteiger partial charge in [0.05, 0.1) is 16.0 Å². The Kier molecular flexibility index (Phi) is 2.43. The van der Waals surface area contributed by atoms with Crippen molar-refractivity contribution in [2.24, 2.45) is 7.05 Å². The molecule has 2 amide bonds. The molecule has 0 aliphatic carbocycles. The largest absolute Gasteiger partial charge is 0.350 e. The van der Waals surface area contributed by atoms with Gasteiger partial charge in [0, 0.05) is 42.4 Å². The number of nitrogens with one attached hydrogen (secondary N) is 1. The number of carbonyl (C=O) groups excluding carboxylic acids is 2. The first kappa shape index (κ1) is 12.1. The van der Waals surface area contributed by atoms with Crippen LogP contribution in [0, 0.1) is 10.1 Å². The number of nitrogens with zero attached hydrogens (tertiary/aromatic N) is 2. The van der Waals surface area contributed by atoms with Gasteiger partial charge < -0.3 is 4.57 Å². The SMILES string of the molecule is Cn1cc(C2=CC(=O)NC2=O)c2ccc([N+](=O)[O-])cc21. The summed E-state index contributed by atoms with van der Waals surface area (Å²) in [5, 5.41) is 13.7. The summed E-state index contributed by atoms with van der Waals surface area (Å²) in [4.78, 5) is 33.2. The monoisotopic (exact) mass is 271 g/mol. The Bertz CT molecular complexity index is 816. The molecule has 3 rings (SSSR count). The van der Waals surface area contributed by atoms with Gasteiger partial charge in [-0.05, 0) is 6.07 Å². The molecular formula is C13H9N3O4. The van der Waals surface area contributed by atoms with Gasteiger partial charge in [0.15, 0.2) is 0 Å². The van der Waals surface area contributed by atoms with Crippen LogP contribution in [-0.4, -0.2) is 21.3 Å². The highest BCUT2D eigenvalue weighted by Crippen LogP contribution is 2.30. The van der Waals surface area contributed by atoms with Gasteiger partial charge in [-0.25, -0.2) is 0 Å². The molecular weight excluding hydrogens is 262 g/mol. The van der Waals surface area contributed by atoms with Crippen LogP contribution in [0.5, 0.6) is 0 Å². The summed E-state index contributed by atoms with van der Waals surface area (Å²) in [6, 6.07) is 4.40. The van der Waals surface area contributed by atoms with Crippen LogP contribution >= 0.6 is 0 Å². The van der Waals surface area contributed by atoms with E-state index in [-0.39, 0.29) is 11.3 Å². The lowest BCUT2D eigenvalue weighted by atomic mass is 10.1. The Labute approximate surface area is 112 Å². The quantitative estimate of drug-likeness (QED) is 0.503. The number of benzene rings is 1. The molecule has 100 valence electrons. The number of hydrogen-bond acceptors (Lipinski definition) is 4. The number of non-ortho nitro benzene ring substituents is 1. The molecule has 1 aliphatic heterocycles. The van der Waals surface area contributed by atoms with Crippen molar-refractivity contribution in [2.45, 2.75) is 0 Å². The normalized spacial score (nSPS) is 14.6. The number of hydrogen-bond donors (Lipinski definition) is 1. The van der Waals surface area contributed by atoms with Crippen molar-refractivity contribution in [1.29, 1.82) is 0 Å². The number of imide groups is 1. The first-order valence-corrected chi connectivity index (χ1v) is 5.78. The minimum Gasteiger partial charge on any atom is -0.350 e. The highest BCUT2D eigenvalue weighted by molar-refractivity contribution is 6.35. The van der Waals surface area contributed by atoms with Crippen molar-refractivity contribution < 1.29 is 14.5 Å². The number of aromatic nitrogens is 1. The Morgan fingerprint density at radius 2 is 2.05 bits per heavy atom. The number of carbonyl (C=O) groups is 2. The van der Waals surface area contributed by atoms with E-state index in [1.54, 1.807) is 23.9 Å². The van der Waals surface area contributed by atoms with Crippen LogP contribution in [0.4, 0.5) is 5.69 Å². The van der Waals surface area contributed by atoms with Gasteiger partial charge >= 0.3 is 0 Å². The third-order valence-electron chi connectivity index (χ3n) is 3.23. The second-order valence-corrected chi connectivity index (χ2v) is 4.49. The second-order valence-electron chi connectivity index (χ2n) is 4.49. The van der Waals surface area contributed by atoms with E-state index < -0.39 is 16.7 Å². The van der Waals surface area contributed by atoms with Crippen LogP contribution in [0.2, 0.25) is 0 Å². The van der Waals surface area contributed by atoms with E-state index in [1.165, 1.54) is 18.2 Å². The lowest BCUT2D eigenvalue weighted by Crippen LogP contribution is -2.21. The van der Waals surface area contributed by atoms with Gasteiger partial charge in [-0.1, -0.05) is 0 Å². The lowest BCUT2D eigenvalue weighted by molar-refractivity contribution is -0.384. The summed E-state index contributed by atoms with van der Waals surface area (Å²) in [5.74, 6) is -0.912. The topological polar surface area (TPSA) is 94.2 Å². The van der Waals surface area contributed by atoms with E-state index in [2.05, 4.69) is 5.32 Å². The first-order chi connectivity index (χ1) is 9.47. The Balaban J connectivity index is 2.24. The van der Waals surface area contributed by atoms with Crippen LogP contribution in [0.3, 0.4) is 0 Å². The smallest absolute Gasteiger partial charge is 0.271 e. The number of rotatable bonds is 2. The fraction of sp³-hybridized carbons (Fsp3) is 0.0769. The molecule has 1 aliphatic rings. The van der Waals surface area contributed by atoms with Crippen LogP contribution in [0.15, 0.2) is 30.5 Å². The van der Waals surface area contributed by atoms with Crippen LogP contribution in [0.1, 0.15) is 5.56 Å². The highest BCUT2D eigenvalue weighted by Gasteiger charge is 2.25. The second kappa shape index (κ2) is 4.02. The third-order valence-corrected chi connectivity index (χ3v) is 3.23. The van der Waals surface area contributed by atoms with Crippen LogP contribution in [-0.2, 0) is 16.6 Å². The first-order valence-electron chi connectivity index (χ1n) is 5.78. The molecule has 2 aromatic rings. The average Bonchev–Trinajstić information content (AvgIpc) is 2.89. The fourth-order valence-electron chi connectivity index (χ4n) is 2.31. The molecule has 7 heteroatoms. The predicted octanol–water partition coefficient (Wildman–Crippen LogP) is 1.13. The fourth-order valence-corrected chi connectivity index (χ4v) is 2.31. The molecule has 2 heterocycles. The molecule has 1 aromatic heterocycles. The molecule has 20 heavy (non-hydrogen) atoms. The van der Waals surface area contributed by atoms with E-state index >= 15 is 0 Å². The predicted molar refractivity (Wildman–Crippen MR) is 70.7 cm³/mol. The molecule has 7 nitrogen and oxygen atoms in total. The minimum absolute atomic E-state index is 0.0221. The van der Waals surface area contributed by atoms with E-state index in [0.29, 0.717) is 16.5 Å². The maximum Gasteiger partial charge on any atom is 0.271 e. The summed E-state index contributed by atoms with van der Waals surface area (Å²) < 4.78 is 1.69. The molecule has 0 saturated heterocycles. The van der Waals surface area contributed by atoms with Gasteiger partial charge in [-0.15, -0.1) is 0 Å². The molecule has 0 radical (unpaired) electrons. The molecule has 0 atom stereocenters. The summed E-state index contributed by atoms with van der Waals surface area (Å²) in [6.07, 6.45) is 2.91. The summed E-state index contributed by atoms with van der Waals surface area (Å²) in [6.45, 7) is 0. The Morgan fingerprint density at radius 3 is 2.65 bits per heavy atom. The standard InChI is InChI=1S/C13H9N3O4/c1-15-6-10(9-5-12(17)14-13(9)18)8-3-2-7(16(19)20)4-11(8)15/h2-6H,1H3,(H,14,17,18). The molecule has 1 N–H and O–H groups in total. The molecule has 0 saturated carbocycles. The van der Waals surface area contributed by atoms with E-state index in [9.17, 15) is 19.7 Å². The lowest BCUT2D eigenvalue weighted by Gasteiger charge is -1.98. The number of amides is 2. The van der Waals surface area contributed by atoms with Crippen molar-refractivity contribution in [3.63, 3.8) is 0 Å². The Hall–Kier alpha value is -2.96. The van der Waals surface area contributed by atoms with Gasteiger partial charge in [0.1, 0.15) is 0 Å². The number of nitro groups is 1. The molecule has 0 unspecified atom stereocenters. The third kappa shape index (κ3) is 1.68. The molecule has 0 fully saturated rings. The van der Waals surface area contributed by atoms with Gasteiger partial charge in [0.2, 0.25) is 0 Å². The zero-order chi connectivity index (χ0) is 14.4. The van der Waals surface area contributed by atoms with E-state index in [4.69, 9.17) is 0 Å². The van der Waals surface area contributed by atoms with Gasteiger partial charge in [-0.2, -0.15) is 0 Å². The van der Waals surface area contributed by atoms with Crippen molar-refractivity contribution in [2.75, 3.05) is 0 Å². The maximum atomic E-state index is 11.7. The zero-order valence-electron chi connectivity index (χ0n) is 10.4. The van der Waals surface area contributed by atoms with Crippen LogP contribution < -0.4 is 5.32 Å². The van der Waals surface area contributed by atoms with Crippen molar-refractivity contribution in [3.8, 4) is 0 Å². The van der Waals surface area contributed by atoms with Crippen molar-refractivity contribution >= 4 is 34.0 Å². The van der Waals surface area contributed by atoms with Gasteiger partial charge in [0.25, 0.3) is 17.5 Å². The maximum absolute atomic E-state index is 11.7. The van der Waals surface area contributed by atoms with E-state index in [1.807, 2.05) is 0 Å². The number of fused-ring (bicyclic) bond motifs is 1. The average molecular weight is 271 g/mol. The minimum atomic E-state index is -0.475.